The fourth-order valence-corrected chi connectivity index (χ4v) is 2.36. The molecule has 110 valence electrons. The number of nitrogens with one attached hydrogen (secondary N) is 2. The second kappa shape index (κ2) is 7.38. The average molecular weight is 276 g/mol. The molecule has 5 heteroatoms. The molecule has 0 saturated carbocycles. The van der Waals surface area contributed by atoms with Crippen LogP contribution in [0.2, 0.25) is 0 Å². The molecule has 1 aromatic carbocycles. The Bertz CT molecular complexity index is 492. The standard InChI is InChI=1S/C15H24N4O/c1-12(11-19(2)9-10-20)16-8-7-15-17-13-5-3-4-6-14(13)18-15/h3-6,12,16,20H,7-11H2,1-2H3,(H,17,18). The molecule has 0 aliphatic carbocycles. The van der Waals surface area contributed by atoms with Gasteiger partial charge in [-0.1, -0.05) is 12.1 Å². The summed E-state index contributed by atoms with van der Waals surface area (Å²) in [6, 6.07) is 8.49. The van der Waals surface area contributed by atoms with Crippen molar-refractivity contribution in [2.75, 3.05) is 33.3 Å². The van der Waals surface area contributed by atoms with Gasteiger partial charge in [-0.3, -0.25) is 0 Å². The van der Waals surface area contributed by atoms with Gasteiger partial charge in [0.15, 0.2) is 0 Å². The number of para-hydroxylation sites is 2. The maximum Gasteiger partial charge on any atom is 0.108 e. The van der Waals surface area contributed by atoms with Crippen molar-refractivity contribution in [2.45, 2.75) is 19.4 Å². The number of hydrogen-bond donors (Lipinski definition) is 3. The van der Waals surface area contributed by atoms with Crippen molar-refractivity contribution in [2.24, 2.45) is 0 Å². The van der Waals surface area contributed by atoms with Crippen molar-refractivity contribution in [1.29, 1.82) is 0 Å². The summed E-state index contributed by atoms with van der Waals surface area (Å²) in [6.07, 6.45) is 0.892. The molecular weight excluding hydrogens is 252 g/mol. The highest BCUT2D eigenvalue weighted by atomic mass is 16.3. The predicted octanol–water partition coefficient (Wildman–Crippen LogP) is 1.01. The number of rotatable bonds is 8. The van der Waals surface area contributed by atoms with Crippen LogP contribution in [0.3, 0.4) is 0 Å². The minimum absolute atomic E-state index is 0.211. The van der Waals surface area contributed by atoms with Crippen molar-refractivity contribution in [3.63, 3.8) is 0 Å². The van der Waals surface area contributed by atoms with E-state index in [1.807, 2.05) is 31.3 Å². The Balaban J connectivity index is 1.75. The zero-order valence-corrected chi connectivity index (χ0v) is 12.3. The van der Waals surface area contributed by atoms with Crippen LogP contribution in [-0.2, 0) is 6.42 Å². The normalized spacial score (nSPS) is 13.2. The van der Waals surface area contributed by atoms with Crippen LogP contribution in [0.25, 0.3) is 11.0 Å². The molecule has 0 fully saturated rings. The van der Waals surface area contributed by atoms with E-state index >= 15 is 0 Å². The van der Waals surface area contributed by atoms with Crippen LogP contribution < -0.4 is 5.32 Å². The molecule has 0 aliphatic rings. The van der Waals surface area contributed by atoms with E-state index in [9.17, 15) is 0 Å². The summed E-state index contributed by atoms with van der Waals surface area (Å²) in [5.74, 6) is 1.02. The third-order valence-corrected chi connectivity index (χ3v) is 3.36. The first-order valence-corrected chi connectivity index (χ1v) is 7.15. The van der Waals surface area contributed by atoms with E-state index in [4.69, 9.17) is 5.11 Å². The van der Waals surface area contributed by atoms with Crippen LogP contribution in [0.4, 0.5) is 0 Å². The molecule has 2 aromatic rings. The molecule has 1 unspecified atom stereocenters. The summed E-state index contributed by atoms with van der Waals surface area (Å²) in [6.45, 7) is 4.92. The molecule has 5 nitrogen and oxygen atoms in total. The minimum Gasteiger partial charge on any atom is -0.395 e. The van der Waals surface area contributed by atoms with E-state index in [2.05, 4.69) is 27.1 Å². The Labute approximate surface area is 120 Å². The lowest BCUT2D eigenvalue weighted by Gasteiger charge is -2.21. The van der Waals surface area contributed by atoms with E-state index in [0.29, 0.717) is 6.04 Å². The van der Waals surface area contributed by atoms with Crippen molar-refractivity contribution in [1.82, 2.24) is 20.2 Å². The first-order chi connectivity index (χ1) is 9.69. The molecule has 20 heavy (non-hydrogen) atoms. The largest absolute Gasteiger partial charge is 0.395 e. The van der Waals surface area contributed by atoms with Crippen molar-refractivity contribution < 1.29 is 5.11 Å². The molecule has 0 bridgehead atoms. The number of aromatic amines is 1. The van der Waals surface area contributed by atoms with E-state index in [-0.39, 0.29) is 6.61 Å². The van der Waals surface area contributed by atoms with Crippen LogP contribution in [0.1, 0.15) is 12.7 Å². The van der Waals surface area contributed by atoms with Gasteiger partial charge in [0.1, 0.15) is 5.82 Å². The topological polar surface area (TPSA) is 64.2 Å². The minimum atomic E-state index is 0.211. The van der Waals surface area contributed by atoms with Crippen molar-refractivity contribution in [3.05, 3.63) is 30.1 Å². The number of H-pyrrole nitrogens is 1. The van der Waals surface area contributed by atoms with Gasteiger partial charge >= 0.3 is 0 Å². The van der Waals surface area contributed by atoms with E-state index in [1.54, 1.807) is 0 Å². The third kappa shape index (κ3) is 4.30. The highest BCUT2D eigenvalue weighted by Gasteiger charge is 2.06. The zero-order valence-electron chi connectivity index (χ0n) is 12.3. The molecule has 0 spiro atoms. The lowest BCUT2D eigenvalue weighted by molar-refractivity contribution is 0.211. The quantitative estimate of drug-likeness (QED) is 0.673. The summed E-state index contributed by atoms with van der Waals surface area (Å²) in [7, 11) is 2.02. The maximum absolute atomic E-state index is 8.87. The second-order valence-corrected chi connectivity index (χ2v) is 5.29. The number of aliphatic hydroxyl groups excluding tert-OH is 1. The lowest BCUT2D eigenvalue weighted by Crippen LogP contribution is -2.39. The van der Waals surface area contributed by atoms with Crippen LogP contribution in [0.5, 0.6) is 0 Å². The molecule has 1 heterocycles. The van der Waals surface area contributed by atoms with Gasteiger partial charge in [0, 0.05) is 32.1 Å². The number of benzene rings is 1. The summed E-state index contributed by atoms with van der Waals surface area (Å²) in [4.78, 5) is 10.0. The Morgan fingerprint density at radius 3 is 2.95 bits per heavy atom. The van der Waals surface area contributed by atoms with Gasteiger partial charge in [-0.05, 0) is 26.1 Å². The number of aromatic nitrogens is 2. The number of nitrogens with zero attached hydrogens (tertiary/aromatic N) is 2. The molecule has 1 atom stereocenters. The fourth-order valence-electron chi connectivity index (χ4n) is 2.36. The van der Waals surface area contributed by atoms with Crippen LogP contribution in [-0.4, -0.2) is 59.3 Å². The molecule has 0 radical (unpaired) electrons. The zero-order chi connectivity index (χ0) is 14.4. The van der Waals surface area contributed by atoms with E-state index < -0.39 is 0 Å². The van der Waals surface area contributed by atoms with Gasteiger partial charge in [-0.2, -0.15) is 0 Å². The maximum atomic E-state index is 8.87. The second-order valence-electron chi connectivity index (χ2n) is 5.29. The first-order valence-electron chi connectivity index (χ1n) is 7.15. The average Bonchev–Trinajstić information content (AvgIpc) is 2.81. The number of likely N-dealkylation sites (N-methyl/N-ethyl adjacent to an activating group) is 1. The van der Waals surface area contributed by atoms with Crippen molar-refractivity contribution in [3.8, 4) is 0 Å². The van der Waals surface area contributed by atoms with Gasteiger partial charge in [0.05, 0.1) is 17.6 Å². The van der Waals surface area contributed by atoms with E-state index in [0.717, 1.165) is 42.9 Å². The smallest absolute Gasteiger partial charge is 0.108 e. The van der Waals surface area contributed by atoms with Gasteiger partial charge in [-0.15, -0.1) is 0 Å². The summed E-state index contributed by atoms with van der Waals surface area (Å²) >= 11 is 0. The number of aliphatic hydroxyl groups is 1. The Kier molecular flexibility index (Phi) is 5.52. The summed E-state index contributed by atoms with van der Waals surface area (Å²) in [5, 5.41) is 12.4. The molecule has 0 amide bonds. The highest BCUT2D eigenvalue weighted by molar-refractivity contribution is 5.74. The van der Waals surface area contributed by atoms with E-state index in [1.165, 1.54) is 0 Å². The summed E-state index contributed by atoms with van der Waals surface area (Å²) < 4.78 is 0. The fraction of sp³-hybridized carbons (Fsp3) is 0.533. The van der Waals surface area contributed by atoms with Crippen LogP contribution in [0, 0.1) is 0 Å². The predicted molar refractivity (Wildman–Crippen MR) is 81.8 cm³/mol. The molecule has 1 aromatic heterocycles. The Hall–Kier alpha value is -1.43. The lowest BCUT2D eigenvalue weighted by atomic mass is 10.3. The number of hydrogen-bond acceptors (Lipinski definition) is 4. The molecular formula is C15H24N4O. The van der Waals surface area contributed by atoms with Gasteiger partial charge in [0.25, 0.3) is 0 Å². The molecule has 2 rings (SSSR count). The van der Waals surface area contributed by atoms with Crippen LogP contribution >= 0.6 is 0 Å². The number of fused-ring (bicyclic) bond motifs is 1. The first kappa shape index (κ1) is 15.0. The monoisotopic (exact) mass is 276 g/mol. The van der Waals surface area contributed by atoms with Crippen LogP contribution in [0.15, 0.2) is 24.3 Å². The Morgan fingerprint density at radius 2 is 2.20 bits per heavy atom. The Morgan fingerprint density at radius 1 is 1.40 bits per heavy atom. The van der Waals surface area contributed by atoms with Gasteiger partial charge in [-0.25, -0.2) is 4.98 Å². The molecule has 0 saturated heterocycles. The molecule has 0 aliphatic heterocycles. The van der Waals surface area contributed by atoms with Gasteiger partial charge in [0.2, 0.25) is 0 Å². The number of imidazole rings is 1. The summed E-state index contributed by atoms with van der Waals surface area (Å²) in [5.41, 5.74) is 2.12. The van der Waals surface area contributed by atoms with Crippen molar-refractivity contribution >= 4 is 11.0 Å². The third-order valence-electron chi connectivity index (χ3n) is 3.36. The highest BCUT2D eigenvalue weighted by Crippen LogP contribution is 2.10. The van der Waals surface area contributed by atoms with Gasteiger partial charge < -0.3 is 20.3 Å². The SMILES string of the molecule is CC(CN(C)CCO)NCCc1nc2ccccc2[nH]1. The molecule has 3 N–H and O–H groups in total.